The molecule has 1 aromatic carbocycles. The van der Waals surface area contributed by atoms with Gasteiger partial charge in [-0.25, -0.2) is 4.68 Å². The molecule has 22 heavy (non-hydrogen) atoms. The van der Waals surface area contributed by atoms with Crippen molar-refractivity contribution >= 4 is 11.6 Å². The van der Waals surface area contributed by atoms with Crippen molar-refractivity contribution in [2.45, 2.75) is 47.5 Å². The fourth-order valence-electron chi connectivity index (χ4n) is 2.99. The first kappa shape index (κ1) is 16.3. The van der Waals surface area contributed by atoms with E-state index in [4.69, 9.17) is 0 Å². The highest BCUT2D eigenvalue weighted by atomic mass is 16.2. The topological polar surface area (TPSA) is 46.9 Å². The van der Waals surface area contributed by atoms with Crippen LogP contribution in [0.15, 0.2) is 18.2 Å². The van der Waals surface area contributed by atoms with Crippen molar-refractivity contribution in [3.63, 3.8) is 0 Å². The maximum absolute atomic E-state index is 12.4. The molecule has 118 valence electrons. The second-order valence-corrected chi connectivity index (χ2v) is 6.22. The third kappa shape index (κ3) is 3.21. The molecule has 0 saturated heterocycles. The number of nitrogens with zero attached hydrogens (tertiary/aromatic N) is 2. The molecule has 0 amide bonds. The molecule has 0 aliphatic rings. The van der Waals surface area contributed by atoms with Gasteiger partial charge in [0.15, 0.2) is 0 Å². The summed E-state index contributed by atoms with van der Waals surface area (Å²) >= 11 is 0. The smallest absolute Gasteiger partial charge is 0.266 e. The number of anilines is 1. The van der Waals surface area contributed by atoms with Gasteiger partial charge in [0.2, 0.25) is 0 Å². The second kappa shape index (κ2) is 6.34. The summed E-state index contributed by atoms with van der Waals surface area (Å²) in [6.45, 7) is 12.5. The van der Waals surface area contributed by atoms with Crippen LogP contribution in [-0.4, -0.2) is 22.2 Å². The lowest BCUT2D eigenvalue weighted by Crippen LogP contribution is -2.23. The molecule has 2 rings (SSSR count). The van der Waals surface area contributed by atoms with Crippen LogP contribution in [0, 0.1) is 27.7 Å². The van der Waals surface area contributed by atoms with E-state index in [0.29, 0.717) is 5.92 Å². The van der Waals surface area contributed by atoms with Gasteiger partial charge in [-0.3, -0.25) is 4.79 Å². The van der Waals surface area contributed by atoms with Crippen molar-refractivity contribution in [3.05, 3.63) is 46.3 Å². The maximum Gasteiger partial charge on any atom is 0.266 e. The molecule has 0 saturated carbocycles. The number of benzene rings is 1. The molecular formula is C18H25N3O. The number of rotatable bonds is 4. The summed E-state index contributed by atoms with van der Waals surface area (Å²) in [5.41, 5.74) is 6.40. The maximum atomic E-state index is 12.4. The minimum Gasteiger partial charge on any atom is -0.376 e. The Morgan fingerprint density at radius 2 is 1.91 bits per heavy atom. The Balaban J connectivity index is 2.15. The lowest BCUT2D eigenvalue weighted by atomic mass is 10.0. The molecule has 1 aromatic heterocycles. The zero-order valence-corrected chi connectivity index (χ0v) is 14.3. The van der Waals surface area contributed by atoms with Crippen molar-refractivity contribution < 1.29 is 4.79 Å². The van der Waals surface area contributed by atoms with Crippen molar-refractivity contribution in [1.29, 1.82) is 0 Å². The summed E-state index contributed by atoms with van der Waals surface area (Å²) in [4.78, 5) is 12.4. The quantitative estimate of drug-likeness (QED) is 0.928. The first-order chi connectivity index (χ1) is 10.3. The van der Waals surface area contributed by atoms with E-state index in [1.54, 1.807) is 0 Å². The zero-order chi connectivity index (χ0) is 16.4. The molecule has 2 aromatic rings. The number of nitrogens with one attached hydrogen (secondary N) is 1. The Labute approximate surface area is 132 Å². The Morgan fingerprint density at radius 1 is 1.23 bits per heavy atom. The SMILES string of the molecule is Cc1ccc(NCC(=O)n2nc(C)c(C(C)C)c2C)c(C)c1. The molecule has 0 radical (unpaired) electrons. The summed E-state index contributed by atoms with van der Waals surface area (Å²) < 4.78 is 1.53. The van der Waals surface area contributed by atoms with Crippen molar-refractivity contribution in [3.8, 4) is 0 Å². The molecule has 0 bridgehead atoms. The van der Waals surface area contributed by atoms with Gasteiger partial charge in [-0.05, 0) is 50.8 Å². The fourth-order valence-corrected chi connectivity index (χ4v) is 2.99. The first-order valence-electron chi connectivity index (χ1n) is 7.71. The molecule has 1 heterocycles. The standard InChI is InChI=1S/C18H25N3O/c1-11(2)18-14(5)20-21(15(18)6)17(22)10-19-16-8-7-12(3)9-13(16)4/h7-9,11,19H,10H2,1-6H3. The highest BCUT2D eigenvalue weighted by Crippen LogP contribution is 2.22. The van der Waals surface area contributed by atoms with E-state index in [1.165, 1.54) is 15.8 Å². The third-order valence-corrected chi connectivity index (χ3v) is 3.97. The van der Waals surface area contributed by atoms with Gasteiger partial charge in [0.05, 0.1) is 12.2 Å². The molecule has 4 heteroatoms. The van der Waals surface area contributed by atoms with Crippen LogP contribution in [0.1, 0.15) is 52.6 Å². The van der Waals surface area contributed by atoms with Gasteiger partial charge in [-0.1, -0.05) is 31.5 Å². The average molecular weight is 299 g/mol. The van der Waals surface area contributed by atoms with Gasteiger partial charge in [0.25, 0.3) is 5.91 Å². The van der Waals surface area contributed by atoms with Crippen molar-refractivity contribution in [2.75, 3.05) is 11.9 Å². The van der Waals surface area contributed by atoms with Crippen LogP contribution in [-0.2, 0) is 0 Å². The molecule has 0 atom stereocenters. The predicted octanol–water partition coefficient (Wildman–Crippen LogP) is 3.99. The number of aromatic nitrogens is 2. The van der Waals surface area contributed by atoms with Crippen LogP contribution < -0.4 is 5.32 Å². The molecule has 0 aliphatic heterocycles. The largest absolute Gasteiger partial charge is 0.376 e. The number of carbonyl (C=O) groups excluding carboxylic acids is 1. The minimum atomic E-state index is -0.0347. The summed E-state index contributed by atoms with van der Waals surface area (Å²) in [6, 6.07) is 6.16. The van der Waals surface area contributed by atoms with E-state index in [2.05, 4.69) is 37.3 Å². The Hall–Kier alpha value is -2.10. The van der Waals surface area contributed by atoms with Gasteiger partial charge >= 0.3 is 0 Å². The number of carbonyl (C=O) groups is 1. The molecule has 0 aliphatic carbocycles. The van der Waals surface area contributed by atoms with Crippen molar-refractivity contribution in [1.82, 2.24) is 9.78 Å². The Bertz CT molecular complexity index is 699. The fraction of sp³-hybridized carbons (Fsp3) is 0.444. The van der Waals surface area contributed by atoms with Crippen LogP contribution in [0.25, 0.3) is 0 Å². The molecule has 4 nitrogen and oxygen atoms in total. The van der Waals surface area contributed by atoms with E-state index in [9.17, 15) is 4.79 Å². The van der Waals surface area contributed by atoms with Gasteiger partial charge in [-0.2, -0.15) is 5.10 Å². The van der Waals surface area contributed by atoms with Crippen LogP contribution in [0.4, 0.5) is 5.69 Å². The Kier molecular flexibility index (Phi) is 4.69. The minimum absolute atomic E-state index is 0.0347. The zero-order valence-electron chi connectivity index (χ0n) is 14.3. The summed E-state index contributed by atoms with van der Waals surface area (Å²) in [5, 5.41) is 7.62. The molecular weight excluding hydrogens is 274 g/mol. The van der Waals surface area contributed by atoms with Gasteiger partial charge in [-0.15, -0.1) is 0 Å². The van der Waals surface area contributed by atoms with Gasteiger partial charge < -0.3 is 5.32 Å². The van der Waals surface area contributed by atoms with E-state index in [-0.39, 0.29) is 12.5 Å². The van der Waals surface area contributed by atoms with Gasteiger partial charge in [0, 0.05) is 11.4 Å². The number of hydrogen-bond acceptors (Lipinski definition) is 3. The highest BCUT2D eigenvalue weighted by molar-refractivity contribution is 5.83. The Morgan fingerprint density at radius 3 is 2.45 bits per heavy atom. The van der Waals surface area contributed by atoms with E-state index >= 15 is 0 Å². The summed E-state index contributed by atoms with van der Waals surface area (Å²) in [6.07, 6.45) is 0. The average Bonchev–Trinajstić information content (AvgIpc) is 2.72. The first-order valence-corrected chi connectivity index (χ1v) is 7.71. The monoisotopic (exact) mass is 299 g/mol. The number of hydrogen-bond donors (Lipinski definition) is 1. The third-order valence-electron chi connectivity index (χ3n) is 3.97. The summed E-state index contributed by atoms with van der Waals surface area (Å²) in [7, 11) is 0. The molecule has 1 N–H and O–H groups in total. The molecule has 0 fully saturated rings. The lowest BCUT2D eigenvalue weighted by molar-refractivity contribution is 0.0910. The molecule has 0 spiro atoms. The van der Waals surface area contributed by atoms with Gasteiger partial charge in [0.1, 0.15) is 0 Å². The van der Waals surface area contributed by atoms with E-state index in [0.717, 1.165) is 22.6 Å². The van der Waals surface area contributed by atoms with Crippen LogP contribution in [0.5, 0.6) is 0 Å². The molecule has 0 unspecified atom stereocenters. The lowest BCUT2D eigenvalue weighted by Gasteiger charge is -2.11. The normalized spacial score (nSPS) is 11.0. The van der Waals surface area contributed by atoms with Crippen molar-refractivity contribution in [2.24, 2.45) is 0 Å². The summed E-state index contributed by atoms with van der Waals surface area (Å²) in [5.74, 6) is 0.335. The second-order valence-electron chi connectivity index (χ2n) is 6.22. The van der Waals surface area contributed by atoms with Crippen LogP contribution >= 0.6 is 0 Å². The van der Waals surface area contributed by atoms with E-state index < -0.39 is 0 Å². The van der Waals surface area contributed by atoms with E-state index in [1.807, 2.05) is 32.9 Å². The number of aryl methyl sites for hydroxylation is 3. The predicted molar refractivity (Wildman–Crippen MR) is 90.8 cm³/mol. The van der Waals surface area contributed by atoms with Crippen LogP contribution in [0.3, 0.4) is 0 Å². The highest BCUT2D eigenvalue weighted by Gasteiger charge is 2.18. The van der Waals surface area contributed by atoms with Crippen LogP contribution in [0.2, 0.25) is 0 Å².